The van der Waals surface area contributed by atoms with Gasteiger partial charge in [0.05, 0.1) is 5.56 Å². The number of aromatic nitrogens is 2. The van der Waals surface area contributed by atoms with Crippen LogP contribution in [0.4, 0.5) is 13.2 Å². The van der Waals surface area contributed by atoms with Crippen molar-refractivity contribution < 1.29 is 36.3 Å². The summed E-state index contributed by atoms with van der Waals surface area (Å²) in [5.41, 5.74) is 1.15. The maximum Gasteiger partial charge on any atom is 0.573 e. The van der Waals surface area contributed by atoms with E-state index in [1.165, 1.54) is 18.2 Å². The largest absolute Gasteiger partial charge is 0.573 e. The van der Waals surface area contributed by atoms with Crippen molar-refractivity contribution >= 4 is 12.0 Å². The summed E-state index contributed by atoms with van der Waals surface area (Å²) >= 11 is 0. The van der Waals surface area contributed by atoms with Crippen LogP contribution in [0.2, 0.25) is 0 Å². The molecule has 3 rings (SSSR count). The highest BCUT2D eigenvalue weighted by molar-refractivity contribution is 5.87. The van der Waals surface area contributed by atoms with Gasteiger partial charge in [0.2, 0.25) is 0 Å². The first kappa shape index (κ1) is 20.2. The number of aryl methyl sites for hydroxylation is 2. The van der Waals surface area contributed by atoms with E-state index in [-0.39, 0.29) is 24.1 Å². The fraction of sp³-hybridized carbons (Fsp3) is 0.211. The maximum atomic E-state index is 12.1. The predicted molar refractivity (Wildman–Crippen MR) is 93.4 cm³/mol. The zero-order chi connectivity index (χ0) is 21.0. The molecule has 7 nitrogen and oxygen atoms in total. The van der Waals surface area contributed by atoms with E-state index in [0.29, 0.717) is 22.6 Å². The molecule has 0 unspecified atom stereocenters. The first-order valence-electron chi connectivity index (χ1n) is 8.30. The van der Waals surface area contributed by atoms with Crippen LogP contribution < -0.4 is 4.74 Å². The van der Waals surface area contributed by atoms with Gasteiger partial charge in [0.25, 0.3) is 11.8 Å². The zero-order valence-electron chi connectivity index (χ0n) is 15.3. The van der Waals surface area contributed by atoms with Crippen molar-refractivity contribution in [1.29, 1.82) is 0 Å². The number of ether oxygens (including phenoxy) is 2. The second-order valence-corrected chi connectivity index (χ2v) is 5.89. The van der Waals surface area contributed by atoms with Gasteiger partial charge in [0.1, 0.15) is 17.3 Å². The van der Waals surface area contributed by atoms with Crippen molar-refractivity contribution in [3.63, 3.8) is 0 Å². The number of benzene rings is 1. The van der Waals surface area contributed by atoms with Gasteiger partial charge >= 0.3 is 12.3 Å². The molecule has 0 saturated heterocycles. The number of halogens is 3. The molecule has 10 heteroatoms. The first-order valence-corrected chi connectivity index (χ1v) is 8.30. The lowest BCUT2D eigenvalue weighted by molar-refractivity contribution is -0.274. The Balaban J connectivity index is 1.53. The van der Waals surface area contributed by atoms with Gasteiger partial charge in [-0.1, -0.05) is 12.1 Å². The van der Waals surface area contributed by atoms with Crippen LogP contribution in [-0.4, -0.2) is 22.5 Å². The highest BCUT2D eigenvalue weighted by Gasteiger charge is 2.30. The second-order valence-electron chi connectivity index (χ2n) is 5.89. The van der Waals surface area contributed by atoms with Gasteiger partial charge in [-0.05, 0) is 43.7 Å². The van der Waals surface area contributed by atoms with E-state index in [2.05, 4.69) is 14.9 Å². The Hall–Kier alpha value is -3.56. The Morgan fingerprint density at radius 3 is 2.48 bits per heavy atom. The maximum absolute atomic E-state index is 12.1. The average Bonchev–Trinajstić information content (AvgIpc) is 3.24. The Bertz CT molecular complexity index is 1020. The molecule has 0 aliphatic rings. The Morgan fingerprint density at radius 1 is 1.14 bits per heavy atom. The van der Waals surface area contributed by atoms with Gasteiger partial charge in [-0.15, -0.1) is 23.4 Å². The number of rotatable bonds is 6. The Kier molecular flexibility index (Phi) is 5.71. The number of carbonyl (C=O) groups excluding carboxylic acids is 1. The molecule has 152 valence electrons. The molecule has 3 aromatic rings. The van der Waals surface area contributed by atoms with E-state index < -0.39 is 12.3 Å². The lowest BCUT2D eigenvalue weighted by Gasteiger charge is -2.08. The van der Waals surface area contributed by atoms with Crippen molar-refractivity contribution in [2.75, 3.05) is 0 Å². The van der Waals surface area contributed by atoms with Crippen molar-refractivity contribution in [2.24, 2.45) is 0 Å². The second kappa shape index (κ2) is 8.21. The molecule has 0 bridgehead atoms. The third kappa shape index (κ3) is 5.71. The molecular formula is C19H15F3N2O5. The third-order valence-corrected chi connectivity index (χ3v) is 3.60. The van der Waals surface area contributed by atoms with Gasteiger partial charge in [-0.2, -0.15) is 0 Å². The van der Waals surface area contributed by atoms with Crippen molar-refractivity contribution in [3.05, 3.63) is 59.4 Å². The summed E-state index contributed by atoms with van der Waals surface area (Å²) < 4.78 is 56.0. The highest BCUT2D eigenvalue weighted by atomic mass is 19.4. The molecule has 2 aromatic heterocycles. The lowest BCUT2D eigenvalue weighted by atomic mass is 10.2. The number of nitrogens with zero attached hydrogens (tertiary/aromatic N) is 2. The monoisotopic (exact) mass is 408 g/mol. The Morgan fingerprint density at radius 2 is 1.86 bits per heavy atom. The van der Waals surface area contributed by atoms with E-state index >= 15 is 0 Å². The normalized spacial score (nSPS) is 11.8. The molecule has 0 atom stereocenters. The fourth-order valence-corrected chi connectivity index (χ4v) is 2.39. The van der Waals surface area contributed by atoms with E-state index in [1.54, 1.807) is 19.9 Å². The predicted octanol–water partition coefficient (Wildman–Crippen LogP) is 4.60. The summed E-state index contributed by atoms with van der Waals surface area (Å²) in [5, 5.41) is 7.69. The molecular weight excluding hydrogens is 393 g/mol. The molecule has 0 aliphatic heterocycles. The van der Waals surface area contributed by atoms with Crippen LogP contribution in [0.25, 0.3) is 17.5 Å². The minimum atomic E-state index is -4.76. The van der Waals surface area contributed by atoms with E-state index in [9.17, 15) is 18.0 Å². The molecule has 0 fully saturated rings. The summed E-state index contributed by atoms with van der Waals surface area (Å²) in [6.07, 6.45) is -2.25. The average molecular weight is 408 g/mol. The zero-order valence-corrected chi connectivity index (χ0v) is 15.3. The van der Waals surface area contributed by atoms with E-state index in [1.807, 2.05) is 0 Å². The number of esters is 1. The van der Waals surface area contributed by atoms with E-state index in [0.717, 1.165) is 18.2 Å². The molecule has 0 radical (unpaired) electrons. The van der Waals surface area contributed by atoms with Crippen molar-refractivity contribution in [3.8, 4) is 17.2 Å². The van der Waals surface area contributed by atoms with Gasteiger partial charge < -0.3 is 18.3 Å². The molecule has 29 heavy (non-hydrogen) atoms. The number of hydrogen-bond donors (Lipinski definition) is 0. The lowest BCUT2D eigenvalue weighted by Crippen LogP contribution is -2.16. The smallest absolute Gasteiger partial charge is 0.466 e. The molecule has 0 amide bonds. The topological polar surface area (TPSA) is 87.6 Å². The van der Waals surface area contributed by atoms with Crippen molar-refractivity contribution in [1.82, 2.24) is 10.2 Å². The standard InChI is InChI=1S/C19H15F3N2O5/c1-11-9-15(12(2)27-11)18-24-23-16(28-18)10-26-17(25)8-5-13-3-6-14(7-4-13)29-19(20,21)22/h3-9H,10H2,1-2H3/b8-5+. The van der Waals surface area contributed by atoms with Crippen LogP contribution in [0.15, 0.2) is 45.2 Å². The molecule has 1 aromatic carbocycles. The van der Waals surface area contributed by atoms with Crippen LogP contribution in [-0.2, 0) is 16.1 Å². The summed E-state index contributed by atoms with van der Waals surface area (Å²) in [6, 6.07) is 6.76. The minimum Gasteiger partial charge on any atom is -0.466 e. The van der Waals surface area contributed by atoms with Gasteiger partial charge in [-0.25, -0.2) is 4.79 Å². The van der Waals surface area contributed by atoms with Crippen LogP contribution >= 0.6 is 0 Å². The molecule has 0 spiro atoms. The van der Waals surface area contributed by atoms with Gasteiger partial charge in [0.15, 0.2) is 6.61 Å². The van der Waals surface area contributed by atoms with Crippen LogP contribution in [0.3, 0.4) is 0 Å². The number of alkyl halides is 3. The summed E-state index contributed by atoms with van der Waals surface area (Å²) in [6.45, 7) is 3.32. The molecule has 0 aliphatic carbocycles. The quantitative estimate of drug-likeness (QED) is 0.435. The Labute approximate surface area is 162 Å². The van der Waals surface area contributed by atoms with Gasteiger partial charge in [-0.3, -0.25) is 0 Å². The number of furan rings is 1. The van der Waals surface area contributed by atoms with Crippen molar-refractivity contribution in [2.45, 2.75) is 26.8 Å². The van der Waals surface area contributed by atoms with E-state index in [4.69, 9.17) is 13.6 Å². The highest BCUT2D eigenvalue weighted by Crippen LogP contribution is 2.25. The number of hydrogen-bond acceptors (Lipinski definition) is 7. The summed E-state index contributed by atoms with van der Waals surface area (Å²) in [5.74, 6) is 0.648. The number of carbonyl (C=O) groups is 1. The SMILES string of the molecule is Cc1cc(-c2nnc(COC(=O)/C=C/c3ccc(OC(F)(F)F)cc3)o2)c(C)o1. The minimum absolute atomic E-state index is 0.105. The first-order chi connectivity index (χ1) is 13.7. The fourth-order valence-electron chi connectivity index (χ4n) is 2.39. The van der Waals surface area contributed by atoms with Crippen LogP contribution in [0.1, 0.15) is 23.0 Å². The van der Waals surface area contributed by atoms with Crippen LogP contribution in [0.5, 0.6) is 5.75 Å². The third-order valence-electron chi connectivity index (χ3n) is 3.60. The molecule has 2 heterocycles. The molecule has 0 N–H and O–H groups in total. The summed E-state index contributed by atoms with van der Waals surface area (Å²) in [7, 11) is 0. The molecule has 0 saturated carbocycles. The van der Waals surface area contributed by atoms with Crippen LogP contribution in [0, 0.1) is 13.8 Å². The summed E-state index contributed by atoms with van der Waals surface area (Å²) in [4.78, 5) is 11.8. The van der Waals surface area contributed by atoms with Gasteiger partial charge in [0, 0.05) is 6.08 Å².